The molecule has 152 valence electrons. The quantitative estimate of drug-likeness (QED) is 0.552. The number of fused-ring (bicyclic) bond motifs is 1. The largest absolute Gasteiger partial charge is 0.507 e. The number of carbonyl (C=O) groups excluding carboxylic acids is 1. The zero-order valence-electron chi connectivity index (χ0n) is 15.3. The Morgan fingerprint density at radius 3 is 2.37 bits per heavy atom. The van der Waals surface area contributed by atoms with E-state index in [9.17, 15) is 19.1 Å². The van der Waals surface area contributed by atoms with Crippen LogP contribution < -0.4 is 4.90 Å². The number of carboxylic acid groups (broad SMARTS) is 1. The average Bonchev–Trinajstić information content (AvgIpc) is 2.97. The monoisotopic (exact) mass is 445 g/mol. The fourth-order valence-electron chi connectivity index (χ4n) is 3.69. The number of benzene rings is 3. The lowest BCUT2D eigenvalue weighted by atomic mass is 9.92. The van der Waals surface area contributed by atoms with Gasteiger partial charge in [0.2, 0.25) is 5.91 Å². The summed E-state index contributed by atoms with van der Waals surface area (Å²) in [6.45, 7) is 0. The highest BCUT2D eigenvalue weighted by Gasteiger charge is 2.41. The van der Waals surface area contributed by atoms with Gasteiger partial charge in [0.05, 0.1) is 17.3 Å². The Kier molecular flexibility index (Phi) is 5.13. The Bertz CT molecular complexity index is 1180. The Hall–Kier alpha value is -3.09. The first-order chi connectivity index (χ1) is 14.3. The lowest BCUT2D eigenvalue weighted by Crippen LogP contribution is -2.25. The highest BCUT2D eigenvalue weighted by Crippen LogP contribution is 2.46. The second-order valence-electron chi connectivity index (χ2n) is 6.81. The maximum absolute atomic E-state index is 14.8. The summed E-state index contributed by atoms with van der Waals surface area (Å²) in [5, 5.41) is 19.9. The van der Waals surface area contributed by atoms with Gasteiger partial charge in [-0.15, -0.1) is 0 Å². The standard InChI is InChI=1S/C22H14Cl2FNO4/c23-15-3-1-4-16(24)13(15)10-14-20-17(25)5-2-6-18(20)26(21(14)28)11-7-8-12(22(29)30)19(27)9-11/h1-9,14,27H,10H2,(H,29,30). The number of anilines is 2. The molecule has 1 aliphatic heterocycles. The molecule has 1 unspecified atom stereocenters. The van der Waals surface area contributed by atoms with Crippen molar-refractivity contribution in [1.82, 2.24) is 0 Å². The molecule has 3 aromatic carbocycles. The van der Waals surface area contributed by atoms with Gasteiger partial charge in [0.1, 0.15) is 17.1 Å². The topological polar surface area (TPSA) is 77.8 Å². The third-order valence-electron chi connectivity index (χ3n) is 5.08. The number of carbonyl (C=O) groups is 2. The molecule has 0 bridgehead atoms. The van der Waals surface area contributed by atoms with E-state index in [0.29, 0.717) is 21.3 Å². The van der Waals surface area contributed by atoms with Gasteiger partial charge in [0.25, 0.3) is 0 Å². The van der Waals surface area contributed by atoms with Crippen LogP contribution in [0.1, 0.15) is 27.4 Å². The van der Waals surface area contributed by atoms with Crippen LogP contribution in [0.25, 0.3) is 0 Å². The highest BCUT2D eigenvalue weighted by atomic mass is 35.5. The lowest BCUT2D eigenvalue weighted by molar-refractivity contribution is -0.118. The van der Waals surface area contributed by atoms with Crippen molar-refractivity contribution in [2.75, 3.05) is 4.90 Å². The number of nitrogens with zero attached hydrogens (tertiary/aromatic N) is 1. The molecule has 1 amide bonds. The molecule has 1 atom stereocenters. The third kappa shape index (κ3) is 3.28. The van der Waals surface area contributed by atoms with Crippen LogP contribution in [0.3, 0.4) is 0 Å². The number of aromatic hydroxyl groups is 1. The van der Waals surface area contributed by atoms with E-state index in [1.165, 1.54) is 35.2 Å². The number of aromatic carboxylic acids is 1. The highest BCUT2D eigenvalue weighted by molar-refractivity contribution is 6.36. The van der Waals surface area contributed by atoms with Gasteiger partial charge in [0.15, 0.2) is 0 Å². The van der Waals surface area contributed by atoms with E-state index in [-0.39, 0.29) is 23.2 Å². The van der Waals surface area contributed by atoms with Crippen LogP contribution in [-0.2, 0) is 11.2 Å². The normalized spacial score (nSPS) is 15.4. The average molecular weight is 446 g/mol. The number of carboxylic acids is 1. The minimum atomic E-state index is -1.30. The summed E-state index contributed by atoms with van der Waals surface area (Å²) in [7, 11) is 0. The molecule has 1 aliphatic rings. The molecule has 0 spiro atoms. The van der Waals surface area contributed by atoms with Gasteiger partial charge < -0.3 is 10.2 Å². The molecule has 3 aromatic rings. The molecule has 0 saturated heterocycles. The van der Waals surface area contributed by atoms with Crippen molar-refractivity contribution in [2.45, 2.75) is 12.3 Å². The van der Waals surface area contributed by atoms with Crippen LogP contribution in [-0.4, -0.2) is 22.1 Å². The summed E-state index contributed by atoms with van der Waals surface area (Å²) in [6.07, 6.45) is 0.0843. The molecule has 0 radical (unpaired) electrons. The summed E-state index contributed by atoms with van der Waals surface area (Å²) in [5.41, 5.74) is 0.960. The number of phenols is 1. The van der Waals surface area contributed by atoms with Gasteiger partial charge >= 0.3 is 5.97 Å². The van der Waals surface area contributed by atoms with Crippen LogP contribution in [0.5, 0.6) is 5.75 Å². The number of rotatable bonds is 4. The number of halogens is 3. The number of hydrogen-bond donors (Lipinski definition) is 2. The van der Waals surface area contributed by atoms with Crippen molar-refractivity contribution in [2.24, 2.45) is 0 Å². The zero-order valence-corrected chi connectivity index (χ0v) is 16.8. The second-order valence-corrected chi connectivity index (χ2v) is 7.62. The number of hydrogen-bond acceptors (Lipinski definition) is 3. The van der Waals surface area contributed by atoms with E-state index in [2.05, 4.69) is 0 Å². The summed E-state index contributed by atoms with van der Waals surface area (Å²) >= 11 is 12.5. The van der Waals surface area contributed by atoms with E-state index < -0.39 is 29.4 Å². The third-order valence-corrected chi connectivity index (χ3v) is 5.79. The Labute approximate surface area is 180 Å². The molecule has 8 heteroatoms. The molecule has 0 aliphatic carbocycles. The minimum absolute atomic E-state index is 0.0843. The molecule has 4 rings (SSSR count). The second kappa shape index (κ2) is 7.63. The van der Waals surface area contributed by atoms with Crippen LogP contribution in [0.4, 0.5) is 15.8 Å². The molecule has 0 saturated carbocycles. The zero-order chi connectivity index (χ0) is 21.6. The van der Waals surface area contributed by atoms with Gasteiger partial charge in [-0.1, -0.05) is 35.3 Å². The molecule has 30 heavy (non-hydrogen) atoms. The SMILES string of the molecule is O=C(O)c1ccc(N2C(=O)C(Cc3c(Cl)cccc3Cl)c3c(F)cccc32)cc1O. The van der Waals surface area contributed by atoms with Crippen LogP contribution >= 0.6 is 23.2 Å². The summed E-state index contributed by atoms with van der Waals surface area (Å²) < 4.78 is 14.8. The maximum atomic E-state index is 14.8. The van der Waals surface area contributed by atoms with Crippen LogP contribution in [0, 0.1) is 5.82 Å². The van der Waals surface area contributed by atoms with E-state index in [0.717, 1.165) is 0 Å². The first kappa shape index (κ1) is 20.2. The van der Waals surface area contributed by atoms with Crippen molar-refractivity contribution < 1.29 is 24.2 Å². The molecule has 0 fully saturated rings. The molecular weight excluding hydrogens is 432 g/mol. The van der Waals surface area contributed by atoms with Crippen LogP contribution in [0.2, 0.25) is 10.0 Å². The van der Waals surface area contributed by atoms with Gasteiger partial charge in [-0.2, -0.15) is 0 Å². The van der Waals surface area contributed by atoms with Gasteiger partial charge in [0, 0.05) is 21.7 Å². The molecule has 5 nitrogen and oxygen atoms in total. The van der Waals surface area contributed by atoms with Crippen molar-refractivity contribution in [3.63, 3.8) is 0 Å². The van der Waals surface area contributed by atoms with Gasteiger partial charge in [-0.3, -0.25) is 9.69 Å². The Morgan fingerprint density at radius 2 is 1.73 bits per heavy atom. The predicted octanol–water partition coefficient (Wildman–Crippen LogP) is 5.54. The fraction of sp³-hybridized carbons (Fsp3) is 0.0909. The Morgan fingerprint density at radius 1 is 1.07 bits per heavy atom. The van der Waals surface area contributed by atoms with Gasteiger partial charge in [-0.25, -0.2) is 9.18 Å². The number of amides is 1. The van der Waals surface area contributed by atoms with Crippen LogP contribution in [0.15, 0.2) is 54.6 Å². The van der Waals surface area contributed by atoms with E-state index in [1.54, 1.807) is 24.3 Å². The molecule has 2 N–H and O–H groups in total. The summed E-state index contributed by atoms with van der Waals surface area (Å²) in [5.74, 6) is -3.68. The molecule has 0 aromatic heterocycles. The van der Waals surface area contributed by atoms with E-state index >= 15 is 0 Å². The molecule has 1 heterocycles. The maximum Gasteiger partial charge on any atom is 0.339 e. The first-order valence-electron chi connectivity index (χ1n) is 8.91. The predicted molar refractivity (Wildman–Crippen MR) is 112 cm³/mol. The summed E-state index contributed by atoms with van der Waals surface area (Å²) in [6, 6.07) is 13.0. The van der Waals surface area contributed by atoms with Crippen molar-refractivity contribution in [3.05, 3.63) is 87.2 Å². The van der Waals surface area contributed by atoms with Crippen molar-refractivity contribution in [1.29, 1.82) is 0 Å². The van der Waals surface area contributed by atoms with Crippen molar-refractivity contribution in [3.8, 4) is 5.75 Å². The molecular formula is C22H14Cl2FNO4. The Balaban J connectivity index is 1.82. The fourth-order valence-corrected chi connectivity index (χ4v) is 4.24. The van der Waals surface area contributed by atoms with E-state index in [1.807, 2.05) is 0 Å². The van der Waals surface area contributed by atoms with Crippen molar-refractivity contribution >= 4 is 46.5 Å². The summed E-state index contributed by atoms with van der Waals surface area (Å²) in [4.78, 5) is 25.8. The van der Waals surface area contributed by atoms with Gasteiger partial charge in [-0.05, 0) is 48.4 Å². The van der Waals surface area contributed by atoms with E-state index in [4.69, 9.17) is 28.3 Å². The lowest BCUT2D eigenvalue weighted by Gasteiger charge is -2.19. The smallest absolute Gasteiger partial charge is 0.339 e. The minimum Gasteiger partial charge on any atom is -0.507 e. The first-order valence-corrected chi connectivity index (χ1v) is 9.66.